The number of aromatic nitrogens is 1. The van der Waals surface area contributed by atoms with Gasteiger partial charge in [-0.05, 0) is 18.7 Å². The molecule has 1 rings (SSSR count). The van der Waals surface area contributed by atoms with Gasteiger partial charge in [0.05, 0.1) is 5.02 Å². The summed E-state index contributed by atoms with van der Waals surface area (Å²) < 4.78 is 26.3. The average Bonchev–Trinajstić information content (AvgIpc) is 2.38. The van der Waals surface area contributed by atoms with Crippen LogP contribution in [0.3, 0.4) is 0 Å². The Bertz CT molecular complexity index is 537. The van der Waals surface area contributed by atoms with Crippen LogP contribution in [0.1, 0.15) is 13.3 Å². The van der Waals surface area contributed by atoms with Gasteiger partial charge in [0, 0.05) is 25.0 Å². The third-order valence-electron chi connectivity index (χ3n) is 2.79. The topological polar surface area (TPSA) is 50.3 Å². The molecule has 0 aromatic carbocycles. The minimum atomic E-state index is -3.60. The highest BCUT2D eigenvalue weighted by molar-refractivity contribution is 7.98. The van der Waals surface area contributed by atoms with Crippen molar-refractivity contribution >= 4 is 45.0 Å². The summed E-state index contributed by atoms with van der Waals surface area (Å²) >= 11 is 13.1. The first-order valence-electron chi connectivity index (χ1n) is 5.62. The molecule has 0 saturated carbocycles. The number of pyridine rings is 1. The Morgan fingerprint density at radius 2 is 2.11 bits per heavy atom. The summed E-state index contributed by atoms with van der Waals surface area (Å²) in [5, 5.41) is 0.230. The van der Waals surface area contributed by atoms with Crippen molar-refractivity contribution in [1.82, 2.24) is 9.29 Å². The molecule has 0 aliphatic heterocycles. The molecule has 4 nitrogen and oxygen atoms in total. The summed E-state index contributed by atoms with van der Waals surface area (Å²) in [4.78, 5) is 3.84. The zero-order valence-electron chi connectivity index (χ0n) is 10.9. The maximum atomic E-state index is 12.4. The second kappa shape index (κ2) is 7.13. The molecule has 0 amide bonds. The van der Waals surface area contributed by atoms with E-state index in [0.717, 1.165) is 12.2 Å². The first-order valence-corrected chi connectivity index (χ1v) is 9.21. The van der Waals surface area contributed by atoms with Crippen molar-refractivity contribution < 1.29 is 8.42 Å². The standard InChI is InChI=1S/C11H16Cl2N2O2S2/c1-4-8(7-18-3)15(2)19(16,17)9-5-10(12)11(13)14-6-9/h5-6,8H,4,7H2,1-3H3. The zero-order valence-corrected chi connectivity index (χ0v) is 14.1. The van der Waals surface area contributed by atoms with Gasteiger partial charge in [-0.1, -0.05) is 30.1 Å². The molecular formula is C11H16Cl2N2O2S2. The molecule has 1 aromatic heterocycles. The number of thioether (sulfide) groups is 1. The maximum Gasteiger partial charge on any atom is 0.244 e. The Labute approximate surface area is 128 Å². The van der Waals surface area contributed by atoms with Gasteiger partial charge in [0.2, 0.25) is 10.0 Å². The van der Waals surface area contributed by atoms with Crippen molar-refractivity contribution in [3.05, 3.63) is 22.4 Å². The van der Waals surface area contributed by atoms with Gasteiger partial charge in [-0.3, -0.25) is 0 Å². The summed E-state index contributed by atoms with van der Waals surface area (Å²) in [5.74, 6) is 0.737. The fraction of sp³-hybridized carbons (Fsp3) is 0.545. The molecule has 0 radical (unpaired) electrons. The van der Waals surface area contributed by atoms with E-state index in [2.05, 4.69) is 4.98 Å². The summed E-state index contributed by atoms with van der Waals surface area (Å²) in [7, 11) is -2.03. The van der Waals surface area contributed by atoms with E-state index >= 15 is 0 Å². The van der Waals surface area contributed by atoms with E-state index in [1.807, 2.05) is 13.2 Å². The Morgan fingerprint density at radius 3 is 2.58 bits per heavy atom. The highest BCUT2D eigenvalue weighted by atomic mass is 35.5. The lowest BCUT2D eigenvalue weighted by Gasteiger charge is -2.25. The van der Waals surface area contributed by atoms with Crippen molar-refractivity contribution in [1.29, 1.82) is 0 Å². The van der Waals surface area contributed by atoms with Crippen molar-refractivity contribution in [3.63, 3.8) is 0 Å². The lowest BCUT2D eigenvalue weighted by Crippen LogP contribution is -2.38. The number of rotatable bonds is 6. The largest absolute Gasteiger partial charge is 0.244 e. The fourth-order valence-corrected chi connectivity index (χ4v) is 4.25. The van der Waals surface area contributed by atoms with Crippen LogP contribution >= 0.6 is 35.0 Å². The zero-order chi connectivity index (χ0) is 14.6. The van der Waals surface area contributed by atoms with Crippen LogP contribution in [0.2, 0.25) is 10.2 Å². The van der Waals surface area contributed by atoms with Gasteiger partial charge in [-0.25, -0.2) is 13.4 Å². The van der Waals surface area contributed by atoms with Crippen LogP contribution < -0.4 is 0 Å². The molecule has 1 heterocycles. The molecule has 0 aliphatic rings. The number of hydrogen-bond donors (Lipinski definition) is 0. The van der Waals surface area contributed by atoms with Crippen LogP contribution in [0.15, 0.2) is 17.2 Å². The summed E-state index contributed by atoms with van der Waals surface area (Å²) in [6.07, 6.45) is 3.92. The number of halogens is 2. The van der Waals surface area contributed by atoms with E-state index in [0.29, 0.717) is 0 Å². The first-order chi connectivity index (χ1) is 8.84. The molecule has 1 unspecified atom stereocenters. The predicted molar refractivity (Wildman–Crippen MR) is 81.7 cm³/mol. The minimum absolute atomic E-state index is 0.0592. The second-order valence-electron chi connectivity index (χ2n) is 3.98. The quantitative estimate of drug-likeness (QED) is 0.745. The van der Waals surface area contributed by atoms with Crippen molar-refractivity contribution in [2.24, 2.45) is 0 Å². The van der Waals surface area contributed by atoms with Gasteiger partial charge in [-0.2, -0.15) is 16.1 Å². The molecular weight excluding hydrogens is 327 g/mol. The maximum absolute atomic E-state index is 12.4. The highest BCUT2D eigenvalue weighted by Gasteiger charge is 2.27. The number of hydrogen-bond acceptors (Lipinski definition) is 4. The van der Waals surface area contributed by atoms with Gasteiger partial charge in [0.25, 0.3) is 0 Å². The minimum Gasteiger partial charge on any atom is -0.242 e. The van der Waals surface area contributed by atoms with Crippen LogP contribution in [-0.4, -0.2) is 42.8 Å². The van der Waals surface area contributed by atoms with Gasteiger partial charge < -0.3 is 0 Å². The van der Waals surface area contributed by atoms with Crippen molar-refractivity contribution in [2.45, 2.75) is 24.3 Å². The monoisotopic (exact) mass is 342 g/mol. The van der Waals surface area contributed by atoms with E-state index in [-0.39, 0.29) is 21.1 Å². The molecule has 19 heavy (non-hydrogen) atoms. The van der Waals surface area contributed by atoms with Gasteiger partial charge in [0.15, 0.2) is 0 Å². The lowest BCUT2D eigenvalue weighted by molar-refractivity contribution is 0.385. The van der Waals surface area contributed by atoms with Crippen molar-refractivity contribution in [2.75, 3.05) is 19.1 Å². The second-order valence-corrected chi connectivity index (χ2v) is 7.66. The SMILES string of the molecule is CCC(CSC)N(C)S(=O)(=O)c1cnc(Cl)c(Cl)c1. The molecule has 0 aliphatic carbocycles. The van der Waals surface area contributed by atoms with Crippen LogP contribution in [0, 0.1) is 0 Å². The normalized spacial score (nSPS) is 13.8. The summed E-state index contributed by atoms with van der Waals surface area (Å²) in [6.45, 7) is 1.96. The molecule has 1 aromatic rings. The van der Waals surface area contributed by atoms with Gasteiger partial charge in [0.1, 0.15) is 10.0 Å². The highest BCUT2D eigenvalue weighted by Crippen LogP contribution is 2.25. The lowest BCUT2D eigenvalue weighted by atomic mass is 10.3. The van der Waals surface area contributed by atoms with E-state index in [1.165, 1.54) is 16.6 Å². The fourth-order valence-electron chi connectivity index (χ4n) is 1.58. The first kappa shape index (κ1) is 17.0. The molecule has 0 fully saturated rings. The molecule has 0 N–H and O–H groups in total. The Hall–Kier alpha value is -0.0100. The Morgan fingerprint density at radius 1 is 1.47 bits per heavy atom. The molecule has 0 saturated heterocycles. The number of nitrogens with zero attached hydrogens (tertiary/aromatic N) is 2. The van der Waals surface area contributed by atoms with Crippen LogP contribution in [-0.2, 0) is 10.0 Å². The molecule has 0 spiro atoms. The van der Waals surface area contributed by atoms with E-state index in [1.54, 1.807) is 18.8 Å². The third kappa shape index (κ3) is 3.98. The molecule has 0 bridgehead atoms. The van der Waals surface area contributed by atoms with Gasteiger partial charge in [-0.15, -0.1) is 0 Å². The molecule has 8 heteroatoms. The molecule has 108 valence electrons. The third-order valence-corrected chi connectivity index (χ3v) is 6.07. The van der Waals surface area contributed by atoms with E-state index in [9.17, 15) is 8.42 Å². The predicted octanol–water partition coefficient (Wildman–Crippen LogP) is 3.15. The van der Waals surface area contributed by atoms with E-state index < -0.39 is 10.0 Å². The van der Waals surface area contributed by atoms with Gasteiger partial charge >= 0.3 is 0 Å². The van der Waals surface area contributed by atoms with Crippen LogP contribution in [0.5, 0.6) is 0 Å². The smallest absolute Gasteiger partial charge is 0.242 e. The Kier molecular flexibility index (Phi) is 6.39. The number of sulfonamides is 1. The van der Waals surface area contributed by atoms with Crippen LogP contribution in [0.25, 0.3) is 0 Å². The average molecular weight is 343 g/mol. The van der Waals surface area contributed by atoms with E-state index in [4.69, 9.17) is 23.2 Å². The summed E-state index contributed by atoms with van der Waals surface area (Å²) in [6, 6.07) is 1.27. The summed E-state index contributed by atoms with van der Waals surface area (Å²) in [5.41, 5.74) is 0. The van der Waals surface area contributed by atoms with Crippen LogP contribution in [0.4, 0.5) is 0 Å². The molecule has 1 atom stereocenters. The van der Waals surface area contributed by atoms with Crippen molar-refractivity contribution in [3.8, 4) is 0 Å². The Balaban J connectivity index is 3.11.